The number of fused-ring (bicyclic) bond motifs is 1. The lowest BCUT2D eigenvalue weighted by Gasteiger charge is -2.45. The van der Waals surface area contributed by atoms with Gasteiger partial charge in [0.1, 0.15) is 6.17 Å². The Hall–Kier alpha value is -2.55. The van der Waals surface area contributed by atoms with Crippen LogP contribution in [0.4, 0.5) is 11.4 Å². The highest BCUT2D eigenvalue weighted by molar-refractivity contribution is 6.12. The monoisotopic (exact) mass is 346 g/mol. The van der Waals surface area contributed by atoms with Crippen molar-refractivity contribution < 1.29 is 4.79 Å². The molecule has 0 saturated heterocycles. The topological polar surface area (TPSA) is 32.3 Å². The van der Waals surface area contributed by atoms with Gasteiger partial charge in [0.05, 0.1) is 5.56 Å². The molecule has 3 nitrogen and oxygen atoms in total. The third-order valence-electron chi connectivity index (χ3n) is 5.83. The maximum absolute atomic E-state index is 13.5. The minimum absolute atomic E-state index is 0.0298. The second-order valence-corrected chi connectivity index (χ2v) is 7.67. The third-order valence-corrected chi connectivity index (χ3v) is 5.83. The summed E-state index contributed by atoms with van der Waals surface area (Å²) in [6, 6.07) is 16.0. The molecule has 1 aliphatic carbocycles. The van der Waals surface area contributed by atoms with E-state index in [2.05, 4.69) is 44.3 Å². The van der Waals surface area contributed by atoms with Crippen LogP contribution in [0.25, 0.3) is 0 Å². The predicted octanol–water partition coefficient (Wildman–Crippen LogP) is 5.39. The molecule has 134 valence electrons. The van der Waals surface area contributed by atoms with Crippen LogP contribution in [0.15, 0.2) is 60.2 Å². The predicted molar refractivity (Wildman–Crippen MR) is 107 cm³/mol. The summed E-state index contributed by atoms with van der Waals surface area (Å²) < 4.78 is 0. The van der Waals surface area contributed by atoms with Gasteiger partial charge in [0.15, 0.2) is 0 Å². The number of anilines is 2. The van der Waals surface area contributed by atoms with Crippen molar-refractivity contribution in [3.05, 3.63) is 71.3 Å². The van der Waals surface area contributed by atoms with Gasteiger partial charge in [-0.2, -0.15) is 0 Å². The van der Waals surface area contributed by atoms with Crippen LogP contribution in [0, 0.1) is 18.8 Å². The molecular weight excluding hydrogens is 320 g/mol. The van der Waals surface area contributed by atoms with Gasteiger partial charge in [-0.15, -0.1) is 0 Å². The van der Waals surface area contributed by atoms with E-state index in [0.29, 0.717) is 11.8 Å². The van der Waals surface area contributed by atoms with E-state index in [-0.39, 0.29) is 12.1 Å². The van der Waals surface area contributed by atoms with Crippen molar-refractivity contribution in [2.24, 2.45) is 11.8 Å². The number of hydrogen-bond donors (Lipinski definition) is 1. The standard InChI is InChI=1S/C23H26N2O/c1-15-12-13-18(17(3)14-15)22-24-20-10-6-5-9-19(20)23(26)25(22)21-11-7-4-8-16(21)2/h4-11,14,17-18,22,24H,12-13H2,1-3H3/t17-,18+,22+/m0/s1. The number of carbonyl (C=O) groups excluding carboxylic acids is 1. The molecule has 0 bridgehead atoms. The van der Waals surface area contributed by atoms with E-state index in [0.717, 1.165) is 35.3 Å². The summed E-state index contributed by atoms with van der Waals surface area (Å²) in [6.07, 6.45) is 4.54. The molecule has 0 saturated carbocycles. The highest BCUT2D eigenvalue weighted by atomic mass is 16.2. The van der Waals surface area contributed by atoms with Crippen LogP contribution >= 0.6 is 0 Å². The molecule has 4 rings (SSSR count). The molecule has 1 N–H and O–H groups in total. The van der Waals surface area contributed by atoms with Crippen molar-refractivity contribution in [2.75, 3.05) is 10.2 Å². The molecule has 0 unspecified atom stereocenters. The number of hydrogen-bond acceptors (Lipinski definition) is 2. The van der Waals surface area contributed by atoms with Crippen molar-refractivity contribution in [2.45, 2.75) is 39.8 Å². The van der Waals surface area contributed by atoms with Crippen LogP contribution in [0.3, 0.4) is 0 Å². The largest absolute Gasteiger partial charge is 0.364 e. The summed E-state index contributed by atoms with van der Waals surface area (Å²) in [6.45, 7) is 6.56. The number of aryl methyl sites for hydroxylation is 1. The Morgan fingerprint density at radius 3 is 2.54 bits per heavy atom. The Morgan fingerprint density at radius 2 is 1.77 bits per heavy atom. The molecule has 26 heavy (non-hydrogen) atoms. The van der Waals surface area contributed by atoms with Gasteiger partial charge in [-0.1, -0.05) is 48.9 Å². The van der Waals surface area contributed by atoms with Crippen LogP contribution in [0.2, 0.25) is 0 Å². The van der Waals surface area contributed by atoms with Crippen LogP contribution in [0.1, 0.15) is 42.6 Å². The van der Waals surface area contributed by atoms with Gasteiger partial charge in [0.25, 0.3) is 5.91 Å². The molecular formula is C23H26N2O. The van der Waals surface area contributed by atoms with E-state index in [9.17, 15) is 4.79 Å². The van der Waals surface area contributed by atoms with Gasteiger partial charge in [-0.25, -0.2) is 0 Å². The van der Waals surface area contributed by atoms with Crippen LogP contribution in [0.5, 0.6) is 0 Å². The quantitative estimate of drug-likeness (QED) is 0.740. The first-order chi connectivity index (χ1) is 12.6. The Bertz CT molecular complexity index is 870. The van der Waals surface area contributed by atoms with Gasteiger partial charge in [0, 0.05) is 17.3 Å². The number of rotatable bonds is 2. The first kappa shape index (κ1) is 16.9. The van der Waals surface area contributed by atoms with E-state index < -0.39 is 0 Å². The van der Waals surface area contributed by atoms with Gasteiger partial charge >= 0.3 is 0 Å². The molecule has 2 aromatic carbocycles. The molecule has 3 atom stereocenters. The molecule has 1 aliphatic heterocycles. The maximum atomic E-state index is 13.5. The summed E-state index contributed by atoms with van der Waals surface area (Å²) in [5.74, 6) is 0.915. The van der Waals surface area contributed by atoms with Crippen LogP contribution < -0.4 is 10.2 Å². The number of nitrogens with zero attached hydrogens (tertiary/aromatic N) is 1. The molecule has 0 radical (unpaired) electrons. The highest BCUT2D eigenvalue weighted by Gasteiger charge is 2.40. The second-order valence-electron chi connectivity index (χ2n) is 7.67. The Morgan fingerprint density at radius 1 is 1.04 bits per heavy atom. The van der Waals surface area contributed by atoms with E-state index in [1.165, 1.54) is 5.57 Å². The van der Waals surface area contributed by atoms with Gasteiger partial charge in [-0.3, -0.25) is 9.69 Å². The summed E-state index contributed by atoms with van der Waals surface area (Å²) in [4.78, 5) is 15.5. The highest BCUT2D eigenvalue weighted by Crippen LogP contribution is 2.39. The fraction of sp³-hybridized carbons (Fsp3) is 0.348. The number of para-hydroxylation sites is 2. The van der Waals surface area contributed by atoms with Crippen LogP contribution in [-0.4, -0.2) is 12.1 Å². The SMILES string of the molecule is CC1=C[C@H](C)[C@H]([C@@H]2Nc3ccccc3C(=O)N2c2ccccc2C)CC1. The molecule has 2 aromatic rings. The third kappa shape index (κ3) is 2.82. The molecule has 2 aliphatic rings. The zero-order chi connectivity index (χ0) is 18.3. The molecule has 1 amide bonds. The average molecular weight is 346 g/mol. The van der Waals surface area contributed by atoms with Crippen molar-refractivity contribution >= 4 is 17.3 Å². The minimum atomic E-state index is -0.0298. The van der Waals surface area contributed by atoms with Crippen LogP contribution in [-0.2, 0) is 0 Å². The molecule has 0 aromatic heterocycles. The van der Waals surface area contributed by atoms with Crippen molar-refractivity contribution in [3.63, 3.8) is 0 Å². The summed E-state index contributed by atoms with van der Waals surface area (Å²) in [5, 5.41) is 3.69. The van der Waals surface area contributed by atoms with E-state index in [1.54, 1.807) is 0 Å². The first-order valence-electron chi connectivity index (χ1n) is 9.48. The fourth-order valence-corrected chi connectivity index (χ4v) is 4.43. The number of nitrogens with one attached hydrogen (secondary N) is 1. The lowest BCUT2D eigenvalue weighted by atomic mass is 9.79. The zero-order valence-corrected chi connectivity index (χ0v) is 15.7. The van der Waals surface area contributed by atoms with E-state index >= 15 is 0 Å². The number of amides is 1. The van der Waals surface area contributed by atoms with E-state index in [4.69, 9.17) is 0 Å². The van der Waals surface area contributed by atoms with Gasteiger partial charge in [-0.05, 0) is 56.4 Å². The van der Waals surface area contributed by atoms with E-state index in [1.807, 2.05) is 41.3 Å². The summed E-state index contributed by atoms with van der Waals surface area (Å²) >= 11 is 0. The average Bonchev–Trinajstić information content (AvgIpc) is 2.63. The Balaban J connectivity index is 1.82. The van der Waals surface area contributed by atoms with Gasteiger partial charge in [0.2, 0.25) is 0 Å². The molecule has 1 heterocycles. The summed E-state index contributed by atoms with van der Waals surface area (Å²) in [7, 11) is 0. The minimum Gasteiger partial charge on any atom is -0.364 e. The number of carbonyl (C=O) groups is 1. The lowest BCUT2D eigenvalue weighted by Crippen LogP contribution is -2.54. The van der Waals surface area contributed by atoms with Crippen molar-refractivity contribution in [1.29, 1.82) is 0 Å². The smallest absolute Gasteiger partial charge is 0.262 e. The molecule has 3 heteroatoms. The summed E-state index contributed by atoms with van der Waals surface area (Å²) in [5.41, 5.74) is 5.29. The molecule has 0 fully saturated rings. The first-order valence-corrected chi connectivity index (χ1v) is 9.48. The number of benzene rings is 2. The second kappa shape index (κ2) is 6.64. The Labute approximate surface area is 155 Å². The normalized spacial score (nSPS) is 25.3. The Kier molecular flexibility index (Phi) is 4.31. The van der Waals surface area contributed by atoms with Crippen molar-refractivity contribution in [1.82, 2.24) is 0 Å². The lowest BCUT2D eigenvalue weighted by molar-refractivity contribution is 0.0959. The zero-order valence-electron chi connectivity index (χ0n) is 15.7. The van der Waals surface area contributed by atoms with Gasteiger partial charge < -0.3 is 5.32 Å². The van der Waals surface area contributed by atoms with Crippen molar-refractivity contribution in [3.8, 4) is 0 Å². The number of allylic oxidation sites excluding steroid dienone is 2. The molecule has 0 spiro atoms. The fourth-order valence-electron chi connectivity index (χ4n) is 4.43. The maximum Gasteiger partial charge on any atom is 0.262 e.